The van der Waals surface area contributed by atoms with Crippen LogP contribution in [0.15, 0.2) is 24.3 Å². The Hall–Kier alpha value is -2.83. The number of benzene rings is 1. The van der Waals surface area contributed by atoms with Gasteiger partial charge in [0.25, 0.3) is 0 Å². The van der Waals surface area contributed by atoms with Crippen LogP contribution in [0.2, 0.25) is 0 Å². The van der Waals surface area contributed by atoms with Gasteiger partial charge in [0.15, 0.2) is 0 Å². The number of aryl methyl sites for hydroxylation is 1. The maximum absolute atomic E-state index is 12.4. The van der Waals surface area contributed by atoms with Crippen molar-refractivity contribution in [3.05, 3.63) is 41.1 Å². The van der Waals surface area contributed by atoms with E-state index in [1.165, 1.54) is 5.56 Å². The molecule has 0 spiro atoms. The number of nitrogens with zero attached hydrogens (tertiary/aromatic N) is 4. The van der Waals surface area contributed by atoms with E-state index in [1.807, 2.05) is 43.3 Å². The molecule has 154 valence electrons. The van der Waals surface area contributed by atoms with Crippen LogP contribution in [0.1, 0.15) is 29.7 Å². The molecule has 1 aliphatic heterocycles. The summed E-state index contributed by atoms with van der Waals surface area (Å²) in [5.74, 6) is 2.23. The number of hydrogen-bond acceptors (Lipinski definition) is 6. The average molecular weight is 396 g/mol. The first kappa shape index (κ1) is 19.5. The highest BCUT2D eigenvalue weighted by molar-refractivity contribution is 5.85. The van der Waals surface area contributed by atoms with Gasteiger partial charge in [-0.05, 0) is 49.8 Å². The fraction of sp³-hybridized carbons (Fsp3) is 0.500. The molecule has 2 heterocycles. The third kappa shape index (κ3) is 3.61. The van der Waals surface area contributed by atoms with Crippen LogP contribution in [0.4, 0.5) is 11.8 Å². The third-order valence-electron chi connectivity index (χ3n) is 6.04. The zero-order valence-corrected chi connectivity index (χ0v) is 17.4. The predicted octanol–water partition coefficient (Wildman–Crippen LogP) is 1.96. The molecule has 2 N–H and O–H groups in total. The summed E-state index contributed by atoms with van der Waals surface area (Å²) in [5.41, 5.74) is 8.73. The minimum absolute atomic E-state index is 0.257. The summed E-state index contributed by atoms with van der Waals surface area (Å²) >= 11 is 0. The Morgan fingerprint density at radius 1 is 1.24 bits per heavy atom. The lowest BCUT2D eigenvalue weighted by atomic mass is 9.73. The van der Waals surface area contributed by atoms with E-state index in [4.69, 9.17) is 20.4 Å². The second-order valence-corrected chi connectivity index (χ2v) is 8.40. The normalized spacial score (nSPS) is 17.3. The van der Waals surface area contributed by atoms with E-state index in [2.05, 4.69) is 4.90 Å². The topological polar surface area (TPSA) is 84.6 Å². The van der Waals surface area contributed by atoms with Crippen molar-refractivity contribution in [2.75, 3.05) is 44.1 Å². The van der Waals surface area contributed by atoms with Gasteiger partial charge in [-0.15, -0.1) is 0 Å². The van der Waals surface area contributed by atoms with Gasteiger partial charge in [0, 0.05) is 32.7 Å². The molecule has 0 bridgehead atoms. The lowest BCUT2D eigenvalue weighted by Gasteiger charge is -2.49. The molecule has 1 aromatic heterocycles. The van der Waals surface area contributed by atoms with Gasteiger partial charge in [-0.2, -0.15) is 4.98 Å². The SMILES string of the molecule is COc1cccc(CC2(C(N)=O)CN(c3nc(N(C)C)nc4c3CCCC4)C2)c1. The number of methoxy groups -OCH3 is 1. The van der Waals surface area contributed by atoms with Crippen molar-refractivity contribution in [2.24, 2.45) is 11.1 Å². The molecule has 1 amide bonds. The third-order valence-corrected chi connectivity index (χ3v) is 6.04. The zero-order valence-electron chi connectivity index (χ0n) is 17.4. The molecule has 4 rings (SSSR count). The van der Waals surface area contributed by atoms with Crippen LogP contribution in [0.25, 0.3) is 0 Å². The quantitative estimate of drug-likeness (QED) is 0.805. The van der Waals surface area contributed by atoms with Crippen molar-refractivity contribution in [1.82, 2.24) is 9.97 Å². The average Bonchev–Trinajstić information content (AvgIpc) is 2.69. The van der Waals surface area contributed by atoms with Crippen LogP contribution in [0, 0.1) is 5.41 Å². The van der Waals surface area contributed by atoms with Crippen molar-refractivity contribution in [2.45, 2.75) is 32.1 Å². The number of anilines is 2. The summed E-state index contributed by atoms with van der Waals surface area (Å²) in [6.07, 6.45) is 4.91. The number of fused-ring (bicyclic) bond motifs is 1. The summed E-state index contributed by atoms with van der Waals surface area (Å²) in [7, 11) is 5.57. The second-order valence-electron chi connectivity index (χ2n) is 8.40. The summed E-state index contributed by atoms with van der Waals surface area (Å²) < 4.78 is 5.32. The van der Waals surface area contributed by atoms with Crippen molar-refractivity contribution >= 4 is 17.7 Å². The van der Waals surface area contributed by atoms with Gasteiger partial charge in [0.2, 0.25) is 11.9 Å². The van der Waals surface area contributed by atoms with Crippen LogP contribution >= 0.6 is 0 Å². The van der Waals surface area contributed by atoms with E-state index in [0.29, 0.717) is 19.5 Å². The first-order valence-corrected chi connectivity index (χ1v) is 10.2. The van der Waals surface area contributed by atoms with Gasteiger partial charge in [0.05, 0.1) is 18.2 Å². The smallest absolute Gasteiger partial charge is 0.227 e. The van der Waals surface area contributed by atoms with E-state index in [1.54, 1.807) is 7.11 Å². The number of carbonyl (C=O) groups excluding carboxylic acids is 1. The fourth-order valence-corrected chi connectivity index (χ4v) is 4.39. The monoisotopic (exact) mass is 395 g/mol. The van der Waals surface area contributed by atoms with Crippen LogP contribution in [-0.4, -0.2) is 50.2 Å². The van der Waals surface area contributed by atoms with Crippen molar-refractivity contribution in [3.63, 3.8) is 0 Å². The number of hydrogen-bond donors (Lipinski definition) is 1. The fourth-order valence-electron chi connectivity index (χ4n) is 4.39. The molecule has 29 heavy (non-hydrogen) atoms. The number of aromatic nitrogens is 2. The maximum Gasteiger partial charge on any atom is 0.227 e. The van der Waals surface area contributed by atoms with Crippen LogP contribution in [-0.2, 0) is 24.1 Å². The summed E-state index contributed by atoms with van der Waals surface area (Å²) in [5, 5.41) is 0. The Kier molecular flexibility index (Phi) is 5.06. The molecule has 1 fully saturated rings. The molecule has 0 atom stereocenters. The van der Waals surface area contributed by atoms with Crippen molar-refractivity contribution < 1.29 is 9.53 Å². The van der Waals surface area contributed by atoms with E-state index in [-0.39, 0.29) is 5.91 Å². The molecule has 0 radical (unpaired) electrons. The summed E-state index contributed by atoms with van der Waals surface area (Å²) in [4.78, 5) is 26.2. The number of carbonyl (C=O) groups is 1. The standard InChI is InChI=1S/C22H29N5O2/c1-26(2)21-24-18-10-5-4-9-17(18)19(25-21)27-13-22(14-27,20(23)28)12-15-7-6-8-16(11-15)29-3/h6-8,11H,4-5,9-10,12-14H2,1-3H3,(H2,23,28). The number of nitrogens with two attached hydrogens (primary N) is 1. The van der Waals surface area contributed by atoms with E-state index < -0.39 is 5.41 Å². The van der Waals surface area contributed by atoms with E-state index in [0.717, 1.165) is 54.5 Å². The van der Waals surface area contributed by atoms with E-state index >= 15 is 0 Å². The van der Waals surface area contributed by atoms with Crippen molar-refractivity contribution in [3.8, 4) is 5.75 Å². The van der Waals surface area contributed by atoms with Crippen LogP contribution in [0.3, 0.4) is 0 Å². The minimum Gasteiger partial charge on any atom is -0.497 e. The van der Waals surface area contributed by atoms with Gasteiger partial charge < -0.3 is 20.3 Å². The molecule has 2 aromatic rings. The molecule has 1 aromatic carbocycles. The molecule has 7 nitrogen and oxygen atoms in total. The minimum atomic E-state index is -0.586. The first-order chi connectivity index (χ1) is 13.9. The molecule has 2 aliphatic rings. The Bertz CT molecular complexity index is 921. The van der Waals surface area contributed by atoms with Gasteiger partial charge >= 0.3 is 0 Å². The van der Waals surface area contributed by atoms with Gasteiger partial charge in [0.1, 0.15) is 11.6 Å². The highest BCUT2D eigenvalue weighted by Crippen LogP contribution is 2.40. The summed E-state index contributed by atoms with van der Waals surface area (Å²) in [6.45, 7) is 1.16. The summed E-state index contributed by atoms with van der Waals surface area (Å²) in [6, 6.07) is 7.85. The zero-order chi connectivity index (χ0) is 20.6. The maximum atomic E-state index is 12.4. The number of primary amides is 1. The Balaban J connectivity index is 1.61. The molecule has 0 unspecified atom stereocenters. The molecule has 7 heteroatoms. The van der Waals surface area contributed by atoms with Gasteiger partial charge in [-0.25, -0.2) is 4.98 Å². The largest absolute Gasteiger partial charge is 0.497 e. The Morgan fingerprint density at radius 3 is 2.69 bits per heavy atom. The molecule has 0 saturated carbocycles. The Morgan fingerprint density at radius 2 is 2.00 bits per heavy atom. The lowest BCUT2D eigenvalue weighted by molar-refractivity contribution is -0.129. The highest BCUT2D eigenvalue weighted by Gasteiger charge is 2.49. The van der Waals surface area contributed by atoms with Crippen LogP contribution < -0.4 is 20.3 Å². The first-order valence-electron chi connectivity index (χ1n) is 10.2. The number of amides is 1. The lowest BCUT2D eigenvalue weighted by Crippen LogP contribution is -2.64. The molecular weight excluding hydrogens is 366 g/mol. The Labute approximate surface area is 171 Å². The highest BCUT2D eigenvalue weighted by atomic mass is 16.5. The van der Waals surface area contributed by atoms with Crippen LogP contribution in [0.5, 0.6) is 5.75 Å². The molecule has 1 aliphatic carbocycles. The van der Waals surface area contributed by atoms with Gasteiger partial charge in [-0.1, -0.05) is 12.1 Å². The second kappa shape index (κ2) is 7.54. The molecular formula is C22H29N5O2. The number of rotatable bonds is 6. The number of ether oxygens (including phenoxy) is 1. The van der Waals surface area contributed by atoms with Crippen molar-refractivity contribution in [1.29, 1.82) is 0 Å². The van der Waals surface area contributed by atoms with E-state index in [9.17, 15) is 4.79 Å². The van der Waals surface area contributed by atoms with Gasteiger partial charge in [-0.3, -0.25) is 4.79 Å². The predicted molar refractivity (Wildman–Crippen MR) is 114 cm³/mol. The molecule has 1 saturated heterocycles.